The van der Waals surface area contributed by atoms with Gasteiger partial charge in [-0.1, -0.05) is 0 Å². The molecule has 4 heteroatoms. The first-order chi connectivity index (χ1) is 6.83. The van der Waals surface area contributed by atoms with Gasteiger partial charge in [-0.2, -0.15) is 0 Å². The Kier molecular flexibility index (Phi) is 3.29. The maximum absolute atomic E-state index is 11.6. The Bertz CT molecular complexity index is 212. The fourth-order valence-electron chi connectivity index (χ4n) is 2.09. The summed E-state index contributed by atoms with van der Waals surface area (Å²) in [4.78, 5) is 13.7. The van der Waals surface area contributed by atoms with Crippen molar-refractivity contribution in [3.05, 3.63) is 0 Å². The van der Waals surface area contributed by atoms with E-state index in [9.17, 15) is 4.79 Å². The summed E-state index contributed by atoms with van der Waals surface area (Å²) in [6.45, 7) is 1.56. The van der Waals surface area contributed by atoms with E-state index in [0.29, 0.717) is 12.1 Å². The number of hydrogen-bond donors (Lipinski definition) is 0. The molecule has 0 aromatic rings. The fraction of sp³-hybridized carbons (Fsp3) is 0.900. The maximum atomic E-state index is 11.6. The molecule has 1 saturated heterocycles. The number of alkyl halides is 1. The molecule has 1 amide bonds. The van der Waals surface area contributed by atoms with Gasteiger partial charge in [0.15, 0.2) is 0 Å². The Balaban J connectivity index is 1.97. The Morgan fingerprint density at radius 1 is 1.21 bits per heavy atom. The van der Waals surface area contributed by atoms with Crippen LogP contribution in [0.2, 0.25) is 0 Å². The first-order valence-corrected chi connectivity index (χ1v) is 5.81. The van der Waals surface area contributed by atoms with Crippen molar-refractivity contribution in [2.24, 2.45) is 0 Å². The van der Waals surface area contributed by atoms with Crippen LogP contribution in [0.4, 0.5) is 0 Å². The molecule has 0 atom stereocenters. The van der Waals surface area contributed by atoms with Gasteiger partial charge in [-0.05, 0) is 25.7 Å². The van der Waals surface area contributed by atoms with Crippen molar-refractivity contribution in [2.45, 2.75) is 37.8 Å². The highest BCUT2D eigenvalue weighted by Crippen LogP contribution is 2.31. The number of halogens is 1. The van der Waals surface area contributed by atoms with Gasteiger partial charge < -0.3 is 9.64 Å². The molecular weight excluding hydrogens is 202 g/mol. The Morgan fingerprint density at radius 3 is 2.29 bits per heavy atom. The lowest BCUT2D eigenvalue weighted by Crippen LogP contribution is -2.45. The van der Waals surface area contributed by atoms with E-state index in [1.807, 2.05) is 4.90 Å². The van der Waals surface area contributed by atoms with Crippen LogP contribution < -0.4 is 0 Å². The van der Waals surface area contributed by atoms with Crippen LogP contribution in [0.3, 0.4) is 0 Å². The van der Waals surface area contributed by atoms with Crippen molar-refractivity contribution in [1.29, 1.82) is 0 Å². The quantitative estimate of drug-likeness (QED) is 0.669. The van der Waals surface area contributed by atoms with Crippen LogP contribution in [0.15, 0.2) is 0 Å². The van der Waals surface area contributed by atoms with Crippen LogP contribution >= 0.6 is 11.6 Å². The van der Waals surface area contributed by atoms with E-state index in [1.165, 1.54) is 0 Å². The lowest BCUT2D eigenvalue weighted by molar-refractivity contribution is -0.133. The molecule has 0 aromatic carbocycles. The molecule has 0 radical (unpaired) electrons. The van der Waals surface area contributed by atoms with Crippen LogP contribution in [-0.2, 0) is 9.53 Å². The van der Waals surface area contributed by atoms with Gasteiger partial charge in [0.2, 0.25) is 5.91 Å². The SMILES string of the molecule is O=C(CCl)N(C1CCOCC1)C1CC1. The minimum atomic E-state index is 0.0982. The third kappa shape index (κ3) is 2.20. The van der Waals surface area contributed by atoms with Gasteiger partial charge >= 0.3 is 0 Å². The van der Waals surface area contributed by atoms with Crippen molar-refractivity contribution in [1.82, 2.24) is 4.90 Å². The molecule has 1 heterocycles. The lowest BCUT2D eigenvalue weighted by atomic mass is 10.1. The summed E-state index contributed by atoms with van der Waals surface area (Å²) >= 11 is 5.62. The summed E-state index contributed by atoms with van der Waals surface area (Å²) in [5.74, 6) is 0.217. The smallest absolute Gasteiger partial charge is 0.237 e. The zero-order valence-corrected chi connectivity index (χ0v) is 9.00. The summed E-state index contributed by atoms with van der Waals surface area (Å²) in [5, 5.41) is 0. The van der Waals surface area contributed by atoms with E-state index in [4.69, 9.17) is 16.3 Å². The predicted molar refractivity (Wildman–Crippen MR) is 54.4 cm³/mol. The summed E-state index contributed by atoms with van der Waals surface area (Å²) in [5.41, 5.74) is 0. The van der Waals surface area contributed by atoms with Crippen molar-refractivity contribution in [3.63, 3.8) is 0 Å². The number of nitrogens with zero attached hydrogens (tertiary/aromatic N) is 1. The van der Waals surface area contributed by atoms with E-state index in [1.54, 1.807) is 0 Å². The molecule has 80 valence electrons. The van der Waals surface area contributed by atoms with Crippen LogP contribution in [0, 0.1) is 0 Å². The third-order valence-electron chi connectivity index (χ3n) is 2.93. The molecule has 14 heavy (non-hydrogen) atoms. The van der Waals surface area contributed by atoms with Gasteiger partial charge in [-0.3, -0.25) is 4.79 Å². The Labute approximate surface area is 89.4 Å². The topological polar surface area (TPSA) is 29.5 Å². The van der Waals surface area contributed by atoms with E-state index in [2.05, 4.69) is 0 Å². The third-order valence-corrected chi connectivity index (χ3v) is 3.16. The molecule has 1 aliphatic heterocycles. The molecule has 0 aromatic heterocycles. The average molecular weight is 218 g/mol. The summed E-state index contributed by atoms with van der Waals surface area (Å²) < 4.78 is 5.29. The number of ether oxygens (including phenoxy) is 1. The summed E-state index contributed by atoms with van der Waals surface area (Å²) in [7, 11) is 0. The normalized spacial score (nSPS) is 23.5. The zero-order valence-electron chi connectivity index (χ0n) is 8.25. The second-order valence-corrected chi connectivity index (χ2v) is 4.28. The van der Waals surface area contributed by atoms with Crippen LogP contribution in [-0.4, -0.2) is 42.0 Å². The monoisotopic (exact) mass is 217 g/mol. The number of carbonyl (C=O) groups is 1. The fourth-order valence-corrected chi connectivity index (χ4v) is 2.23. The van der Waals surface area contributed by atoms with E-state index in [-0.39, 0.29) is 11.8 Å². The molecule has 2 aliphatic rings. The minimum absolute atomic E-state index is 0.0982. The van der Waals surface area contributed by atoms with Crippen LogP contribution in [0.1, 0.15) is 25.7 Å². The number of hydrogen-bond acceptors (Lipinski definition) is 2. The molecule has 0 N–H and O–H groups in total. The van der Waals surface area contributed by atoms with Crippen molar-refractivity contribution in [3.8, 4) is 0 Å². The highest BCUT2D eigenvalue weighted by Gasteiger charge is 2.37. The Hall–Kier alpha value is -0.280. The molecule has 2 rings (SSSR count). The van der Waals surface area contributed by atoms with E-state index in [0.717, 1.165) is 38.9 Å². The standard InChI is InChI=1S/C10H16ClNO2/c11-7-10(13)12(8-1-2-8)9-3-5-14-6-4-9/h8-9H,1-7H2. The summed E-state index contributed by atoms with van der Waals surface area (Å²) in [6.07, 6.45) is 4.25. The number of amides is 1. The summed E-state index contributed by atoms with van der Waals surface area (Å²) in [6, 6.07) is 0.854. The second-order valence-electron chi connectivity index (χ2n) is 4.01. The van der Waals surface area contributed by atoms with Crippen molar-refractivity contribution < 1.29 is 9.53 Å². The van der Waals surface area contributed by atoms with Crippen molar-refractivity contribution in [2.75, 3.05) is 19.1 Å². The average Bonchev–Trinajstić information content (AvgIpc) is 3.04. The molecule has 0 bridgehead atoms. The van der Waals surface area contributed by atoms with Crippen LogP contribution in [0.5, 0.6) is 0 Å². The van der Waals surface area contributed by atoms with Gasteiger partial charge in [0, 0.05) is 25.3 Å². The maximum Gasteiger partial charge on any atom is 0.237 e. The van der Waals surface area contributed by atoms with Gasteiger partial charge in [0.25, 0.3) is 0 Å². The molecule has 1 saturated carbocycles. The first-order valence-electron chi connectivity index (χ1n) is 5.28. The highest BCUT2D eigenvalue weighted by molar-refractivity contribution is 6.27. The first kappa shape index (κ1) is 10.2. The van der Waals surface area contributed by atoms with Crippen molar-refractivity contribution >= 4 is 17.5 Å². The largest absolute Gasteiger partial charge is 0.381 e. The van der Waals surface area contributed by atoms with Gasteiger partial charge in [0.05, 0.1) is 0 Å². The molecule has 2 fully saturated rings. The van der Waals surface area contributed by atoms with Gasteiger partial charge in [0.1, 0.15) is 5.88 Å². The van der Waals surface area contributed by atoms with Gasteiger partial charge in [-0.15, -0.1) is 11.6 Å². The Morgan fingerprint density at radius 2 is 1.79 bits per heavy atom. The van der Waals surface area contributed by atoms with E-state index < -0.39 is 0 Å². The van der Waals surface area contributed by atoms with Crippen LogP contribution in [0.25, 0.3) is 0 Å². The second kappa shape index (κ2) is 4.49. The molecule has 0 unspecified atom stereocenters. The molecular formula is C10H16ClNO2. The van der Waals surface area contributed by atoms with E-state index >= 15 is 0 Å². The lowest BCUT2D eigenvalue weighted by Gasteiger charge is -2.34. The molecule has 0 spiro atoms. The number of carbonyl (C=O) groups excluding carboxylic acids is 1. The molecule has 3 nitrogen and oxygen atoms in total. The zero-order chi connectivity index (χ0) is 9.97. The minimum Gasteiger partial charge on any atom is -0.381 e. The predicted octanol–water partition coefficient (Wildman–Crippen LogP) is 1.40. The van der Waals surface area contributed by atoms with Gasteiger partial charge in [-0.25, -0.2) is 0 Å². The number of rotatable bonds is 3. The highest BCUT2D eigenvalue weighted by atomic mass is 35.5. The molecule has 1 aliphatic carbocycles.